The molecular formula is C40H48N2O2. The molecule has 4 nitrogen and oxygen atoms in total. The fourth-order valence-electron chi connectivity index (χ4n) is 6.56. The van der Waals surface area contributed by atoms with E-state index in [2.05, 4.69) is 91.8 Å². The second-order valence-electron chi connectivity index (χ2n) is 13.8. The number of allylic oxidation sites excluding steroid dienone is 6. The van der Waals surface area contributed by atoms with Gasteiger partial charge in [-0.1, -0.05) is 76.2 Å². The first kappa shape index (κ1) is 31.3. The van der Waals surface area contributed by atoms with Crippen LogP contribution in [0.1, 0.15) is 66.5 Å². The molecule has 0 bridgehead atoms. The molecule has 0 saturated heterocycles. The molecule has 230 valence electrons. The molecule has 4 N–H and O–H groups in total. The van der Waals surface area contributed by atoms with Crippen LogP contribution in [0.2, 0.25) is 0 Å². The molecule has 0 saturated carbocycles. The van der Waals surface area contributed by atoms with Gasteiger partial charge in [-0.25, -0.2) is 0 Å². The molecule has 0 radical (unpaired) electrons. The van der Waals surface area contributed by atoms with Crippen molar-refractivity contribution in [2.75, 3.05) is 11.5 Å². The molecular weight excluding hydrogens is 540 g/mol. The van der Waals surface area contributed by atoms with Crippen LogP contribution in [-0.4, -0.2) is 0 Å². The number of benzene rings is 3. The molecule has 0 amide bonds. The third-order valence-electron chi connectivity index (χ3n) is 10.2. The van der Waals surface area contributed by atoms with E-state index in [-0.39, 0.29) is 10.8 Å². The van der Waals surface area contributed by atoms with Crippen molar-refractivity contribution in [3.8, 4) is 11.5 Å². The first-order chi connectivity index (χ1) is 20.8. The molecule has 0 heterocycles. The average Bonchev–Trinajstić information content (AvgIpc) is 2.96. The quantitative estimate of drug-likeness (QED) is 0.257. The number of nitrogens with two attached hydrogens (primary N) is 2. The molecule has 44 heavy (non-hydrogen) atoms. The van der Waals surface area contributed by atoms with Gasteiger partial charge in [-0.3, -0.25) is 0 Å². The number of nitrogen functional groups attached to an aromatic ring is 2. The summed E-state index contributed by atoms with van der Waals surface area (Å²) in [6.07, 6.45) is 6.74. The van der Waals surface area contributed by atoms with E-state index in [9.17, 15) is 0 Å². The van der Waals surface area contributed by atoms with Crippen LogP contribution in [0.25, 0.3) is 0 Å². The molecule has 3 aromatic carbocycles. The number of rotatable bonds is 8. The minimum absolute atomic E-state index is 0.0443. The highest BCUT2D eigenvalue weighted by Gasteiger charge is 2.38. The Kier molecular flexibility index (Phi) is 8.57. The number of hydrogen-bond acceptors (Lipinski definition) is 4. The van der Waals surface area contributed by atoms with Crippen LogP contribution >= 0.6 is 0 Å². The van der Waals surface area contributed by atoms with E-state index in [1.54, 1.807) is 0 Å². The molecule has 2 atom stereocenters. The van der Waals surface area contributed by atoms with E-state index in [4.69, 9.17) is 20.9 Å². The van der Waals surface area contributed by atoms with Crippen LogP contribution in [0.3, 0.4) is 0 Å². The van der Waals surface area contributed by atoms with Crippen molar-refractivity contribution in [2.24, 2.45) is 22.7 Å². The Labute approximate surface area is 264 Å². The Morgan fingerprint density at radius 2 is 0.932 bits per heavy atom. The highest BCUT2D eigenvalue weighted by Crippen LogP contribution is 2.47. The minimum Gasteiger partial charge on any atom is -0.457 e. The molecule has 2 unspecified atom stereocenters. The highest BCUT2D eigenvalue weighted by molar-refractivity contribution is 5.48. The Morgan fingerprint density at radius 1 is 0.568 bits per heavy atom. The van der Waals surface area contributed by atoms with E-state index >= 15 is 0 Å². The highest BCUT2D eigenvalue weighted by atomic mass is 16.5. The zero-order chi connectivity index (χ0) is 31.8. The summed E-state index contributed by atoms with van der Waals surface area (Å²) in [6.45, 7) is 18.0. The lowest BCUT2D eigenvalue weighted by Crippen LogP contribution is -2.31. The van der Waals surface area contributed by atoms with Crippen LogP contribution in [0, 0.1) is 22.7 Å². The smallest absolute Gasteiger partial charge is 0.129 e. The summed E-state index contributed by atoms with van der Waals surface area (Å²) < 4.78 is 12.7. The van der Waals surface area contributed by atoms with Gasteiger partial charge >= 0.3 is 0 Å². The van der Waals surface area contributed by atoms with Crippen LogP contribution < -0.4 is 20.9 Å². The van der Waals surface area contributed by atoms with Crippen LogP contribution in [0.4, 0.5) is 11.4 Å². The van der Waals surface area contributed by atoms with Gasteiger partial charge in [0.05, 0.1) is 0 Å². The topological polar surface area (TPSA) is 70.5 Å². The van der Waals surface area contributed by atoms with Crippen LogP contribution in [0.15, 0.2) is 119 Å². The zero-order valence-corrected chi connectivity index (χ0v) is 27.6. The summed E-state index contributed by atoms with van der Waals surface area (Å²) in [5.74, 6) is 4.21. The average molecular weight is 589 g/mol. The van der Waals surface area contributed by atoms with Gasteiger partial charge in [0.15, 0.2) is 0 Å². The Hall–Kier alpha value is -4.18. The van der Waals surface area contributed by atoms with Gasteiger partial charge in [-0.05, 0) is 121 Å². The zero-order valence-electron chi connectivity index (χ0n) is 27.6. The Morgan fingerprint density at radius 3 is 1.27 bits per heavy atom. The number of ether oxygens (including phenoxy) is 2. The Bertz CT molecular complexity index is 1540. The third kappa shape index (κ3) is 6.36. The summed E-state index contributed by atoms with van der Waals surface area (Å²) in [7, 11) is 0. The van der Waals surface area contributed by atoms with Gasteiger partial charge in [0.1, 0.15) is 23.0 Å². The molecule has 2 aliphatic rings. The van der Waals surface area contributed by atoms with Gasteiger partial charge < -0.3 is 20.9 Å². The maximum Gasteiger partial charge on any atom is 0.129 e. The molecule has 4 heteroatoms. The maximum atomic E-state index is 6.37. The van der Waals surface area contributed by atoms with Crippen molar-refractivity contribution < 1.29 is 9.47 Å². The normalized spacial score (nSPS) is 21.1. The Balaban J connectivity index is 1.28. The SMILES string of the molecule is CC1=CC(Cc2ccc(CC3C=C(C)C(Oc4cccc(N)c4)=C(C)C3(C)C)cc2)C(C)(C)C(C)=C1Oc1cccc(N)c1. The summed E-state index contributed by atoms with van der Waals surface area (Å²) in [5.41, 5.74) is 20.9. The standard InChI is InChI=1S/C40H48N2O2/c1-25-19-31(39(5,6)27(3)37(25)43-35-13-9-11-33(41)23-35)21-29-15-17-30(18-16-29)22-32-20-26(2)38(28(4)40(32,7)8)44-36-14-10-12-34(42)24-36/h9-20,23-24,31-32H,21-22,41-42H2,1-8H3. The van der Waals surface area contributed by atoms with Crippen molar-refractivity contribution in [2.45, 2.75) is 68.2 Å². The molecule has 5 rings (SSSR count). The summed E-state index contributed by atoms with van der Waals surface area (Å²) in [6, 6.07) is 24.6. The van der Waals surface area contributed by atoms with E-state index < -0.39 is 0 Å². The number of anilines is 2. The van der Waals surface area contributed by atoms with Gasteiger partial charge in [0, 0.05) is 23.5 Å². The summed E-state index contributed by atoms with van der Waals surface area (Å²) in [5, 5.41) is 0. The fourth-order valence-corrected chi connectivity index (χ4v) is 6.56. The van der Waals surface area contributed by atoms with Gasteiger partial charge in [0.2, 0.25) is 0 Å². The monoisotopic (exact) mass is 588 g/mol. The molecule has 3 aromatic rings. The summed E-state index contributed by atoms with van der Waals surface area (Å²) >= 11 is 0. The third-order valence-corrected chi connectivity index (χ3v) is 10.2. The van der Waals surface area contributed by atoms with Crippen molar-refractivity contribution >= 4 is 11.4 Å². The van der Waals surface area contributed by atoms with Crippen molar-refractivity contribution in [3.05, 3.63) is 130 Å². The van der Waals surface area contributed by atoms with Crippen LogP contribution in [0.5, 0.6) is 11.5 Å². The number of hydrogen-bond donors (Lipinski definition) is 2. The lowest BCUT2D eigenvalue weighted by atomic mass is 9.66. The molecule has 2 aliphatic carbocycles. The van der Waals surface area contributed by atoms with E-state index in [0.29, 0.717) is 23.2 Å². The van der Waals surface area contributed by atoms with Crippen LogP contribution in [-0.2, 0) is 12.8 Å². The van der Waals surface area contributed by atoms with Gasteiger partial charge in [-0.2, -0.15) is 0 Å². The molecule has 0 aliphatic heterocycles. The fraction of sp³-hybridized carbons (Fsp3) is 0.350. The molecule has 0 fully saturated rings. The minimum atomic E-state index is -0.0443. The van der Waals surface area contributed by atoms with E-state index in [0.717, 1.165) is 35.9 Å². The first-order valence-corrected chi connectivity index (χ1v) is 15.7. The first-order valence-electron chi connectivity index (χ1n) is 15.7. The van der Waals surface area contributed by atoms with Crippen molar-refractivity contribution in [1.82, 2.24) is 0 Å². The van der Waals surface area contributed by atoms with E-state index in [1.807, 2.05) is 48.5 Å². The second kappa shape index (κ2) is 12.1. The van der Waals surface area contributed by atoms with Gasteiger partial charge in [0.25, 0.3) is 0 Å². The lowest BCUT2D eigenvalue weighted by molar-refractivity contribution is 0.282. The summed E-state index contributed by atoms with van der Waals surface area (Å²) in [4.78, 5) is 0. The predicted molar refractivity (Wildman–Crippen MR) is 184 cm³/mol. The van der Waals surface area contributed by atoms with Gasteiger partial charge in [-0.15, -0.1) is 0 Å². The molecule has 0 aromatic heterocycles. The van der Waals surface area contributed by atoms with E-state index in [1.165, 1.54) is 33.4 Å². The van der Waals surface area contributed by atoms with Crippen molar-refractivity contribution in [3.63, 3.8) is 0 Å². The lowest BCUT2D eigenvalue weighted by Gasteiger charge is -2.39. The molecule has 0 spiro atoms. The largest absolute Gasteiger partial charge is 0.457 e. The maximum absolute atomic E-state index is 6.37. The predicted octanol–water partition coefficient (Wildman–Crippen LogP) is 9.85. The van der Waals surface area contributed by atoms with Crippen molar-refractivity contribution in [1.29, 1.82) is 0 Å². The second-order valence-corrected chi connectivity index (χ2v) is 13.8.